The summed E-state index contributed by atoms with van der Waals surface area (Å²) in [7, 11) is -5.86. The first-order chi connectivity index (χ1) is 9.00. The Morgan fingerprint density at radius 3 is 2.05 bits per heavy atom. The van der Waals surface area contributed by atoms with Crippen LogP contribution in [0.2, 0.25) is 0 Å². The highest BCUT2D eigenvalue weighted by Crippen LogP contribution is 2.22. The summed E-state index contributed by atoms with van der Waals surface area (Å²) in [6.07, 6.45) is 0.278. The number of hydrogen-bond donors (Lipinski definition) is 1. The highest BCUT2D eigenvalue weighted by molar-refractivity contribution is 7.87. The van der Waals surface area contributed by atoms with Gasteiger partial charge in [0.05, 0.1) is 13.2 Å². The SMILES string of the molecule is C=C(C)C(=O)OCCCCOC(=O)C(F)(F)S(=O)(=O)O. The van der Waals surface area contributed by atoms with Crippen LogP contribution in [0.3, 0.4) is 0 Å². The molecule has 0 aliphatic carbocycles. The van der Waals surface area contributed by atoms with Crippen molar-refractivity contribution >= 4 is 22.1 Å². The van der Waals surface area contributed by atoms with Gasteiger partial charge in [0, 0.05) is 5.57 Å². The molecule has 0 spiro atoms. The second kappa shape index (κ2) is 7.29. The number of unbranched alkanes of at least 4 members (excludes halogenated alkanes) is 1. The number of carbonyl (C=O) groups is 2. The lowest BCUT2D eigenvalue weighted by Crippen LogP contribution is -2.39. The van der Waals surface area contributed by atoms with Crippen molar-refractivity contribution in [2.24, 2.45) is 0 Å². The van der Waals surface area contributed by atoms with Crippen LogP contribution in [-0.4, -0.2) is 43.4 Å². The van der Waals surface area contributed by atoms with Crippen molar-refractivity contribution in [2.45, 2.75) is 25.0 Å². The van der Waals surface area contributed by atoms with Gasteiger partial charge >= 0.3 is 27.3 Å². The lowest BCUT2D eigenvalue weighted by molar-refractivity contribution is -0.161. The minimum absolute atomic E-state index is 0.0298. The molecule has 20 heavy (non-hydrogen) atoms. The number of rotatable bonds is 8. The van der Waals surface area contributed by atoms with E-state index >= 15 is 0 Å². The van der Waals surface area contributed by atoms with E-state index in [4.69, 9.17) is 4.55 Å². The molecule has 0 aromatic rings. The van der Waals surface area contributed by atoms with Gasteiger partial charge < -0.3 is 9.47 Å². The third kappa shape index (κ3) is 5.61. The smallest absolute Gasteiger partial charge is 0.462 e. The Morgan fingerprint density at radius 1 is 1.20 bits per heavy atom. The molecular formula is C10H14F2O7S. The molecule has 0 saturated heterocycles. The molecule has 0 unspecified atom stereocenters. The molecule has 0 rings (SSSR count). The van der Waals surface area contributed by atoms with Gasteiger partial charge in [-0.05, 0) is 19.8 Å². The third-order valence-electron chi connectivity index (χ3n) is 1.92. The lowest BCUT2D eigenvalue weighted by Gasteiger charge is -2.11. The largest absolute Gasteiger partial charge is 0.465 e. The van der Waals surface area contributed by atoms with Gasteiger partial charge in [-0.3, -0.25) is 4.55 Å². The van der Waals surface area contributed by atoms with E-state index in [0.29, 0.717) is 0 Å². The Kier molecular flexibility index (Phi) is 6.73. The highest BCUT2D eigenvalue weighted by Gasteiger charge is 2.54. The molecule has 0 heterocycles. The van der Waals surface area contributed by atoms with E-state index in [1.165, 1.54) is 6.92 Å². The van der Waals surface area contributed by atoms with Crippen LogP contribution >= 0.6 is 0 Å². The van der Waals surface area contributed by atoms with Crippen LogP contribution < -0.4 is 0 Å². The second-order valence-electron chi connectivity index (χ2n) is 3.75. The zero-order valence-electron chi connectivity index (χ0n) is 10.6. The average molecular weight is 316 g/mol. The van der Waals surface area contributed by atoms with Crippen LogP contribution in [0.15, 0.2) is 12.2 Å². The van der Waals surface area contributed by atoms with Crippen LogP contribution in [0, 0.1) is 0 Å². The predicted molar refractivity (Wildman–Crippen MR) is 62.5 cm³/mol. The quantitative estimate of drug-likeness (QED) is 0.307. The minimum atomic E-state index is -5.86. The number of alkyl halides is 2. The molecule has 0 aromatic carbocycles. The monoisotopic (exact) mass is 316 g/mol. The molecule has 1 N–H and O–H groups in total. The molecule has 0 saturated carbocycles. The van der Waals surface area contributed by atoms with Crippen molar-refractivity contribution in [1.82, 2.24) is 0 Å². The average Bonchev–Trinajstić information content (AvgIpc) is 2.31. The van der Waals surface area contributed by atoms with E-state index in [-0.39, 0.29) is 25.0 Å². The van der Waals surface area contributed by atoms with Crippen LogP contribution in [0.5, 0.6) is 0 Å². The Balaban J connectivity index is 3.95. The zero-order valence-corrected chi connectivity index (χ0v) is 11.4. The fourth-order valence-electron chi connectivity index (χ4n) is 0.846. The Labute approximate surface area is 114 Å². The van der Waals surface area contributed by atoms with Crippen molar-refractivity contribution in [1.29, 1.82) is 0 Å². The fraction of sp³-hybridized carbons (Fsp3) is 0.600. The highest BCUT2D eigenvalue weighted by atomic mass is 32.2. The van der Waals surface area contributed by atoms with E-state index in [0.717, 1.165) is 0 Å². The topological polar surface area (TPSA) is 107 Å². The summed E-state index contributed by atoms with van der Waals surface area (Å²) in [5.74, 6) is -2.97. The van der Waals surface area contributed by atoms with Crippen LogP contribution in [0.1, 0.15) is 19.8 Å². The Morgan fingerprint density at radius 2 is 1.65 bits per heavy atom. The van der Waals surface area contributed by atoms with Gasteiger partial charge in [-0.1, -0.05) is 6.58 Å². The number of ether oxygens (including phenoxy) is 2. The van der Waals surface area contributed by atoms with Gasteiger partial charge in [-0.15, -0.1) is 0 Å². The van der Waals surface area contributed by atoms with Crippen molar-refractivity contribution < 1.29 is 40.8 Å². The van der Waals surface area contributed by atoms with Crippen molar-refractivity contribution in [3.8, 4) is 0 Å². The van der Waals surface area contributed by atoms with E-state index in [1.54, 1.807) is 0 Å². The first kappa shape index (κ1) is 18.4. The van der Waals surface area contributed by atoms with E-state index in [9.17, 15) is 26.8 Å². The van der Waals surface area contributed by atoms with Gasteiger partial charge in [-0.2, -0.15) is 17.2 Å². The molecule has 0 amide bonds. The summed E-state index contributed by atoms with van der Waals surface area (Å²) in [6, 6.07) is 0. The van der Waals surface area contributed by atoms with Gasteiger partial charge in [0.1, 0.15) is 0 Å². The molecule has 0 atom stereocenters. The third-order valence-corrected chi connectivity index (χ3v) is 2.73. The molecular weight excluding hydrogens is 302 g/mol. The summed E-state index contributed by atoms with van der Waals surface area (Å²) < 4.78 is 62.6. The lowest BCUT2D eigenvalue weighted by atomic mass is 10.3. The number of esters is 2. The van der Waals surface area contributed by atoms with Gasteiger partial charge in [0.25, 0.3) is 0 Å². The summed E-state index contributed by atoms with van der Waals surface area (Å²) in [4.78, 5) is 21.7. The van der Waals surface area contributed by atoms with Crippen LogP contribution in [0.4, 0.5) is 8.78 Å². The van der Waals surface area contributed by atoms with Gasteiger partial charge in [0.15, 0.2) is 0 Å². The van der Waals surface area contributed by atoms with Crippen LogP contribution in [0.25, 0.3) is 0 Å². The maximum Gasteiger partial charge on any atom is 0.465 e. The van der Waals surface area contributed by atoms with Crippen LogP contribution in [-0.2, 0) is 29.2 Å². The molecule has 0 aliphatic heterocycles. The zero-order chi connectivity index (χ0) is 16.0. The molecule has 7 nitrogen and oxygen atoms in total. The number of carbonyl (C=O) groups excluding carboxylic acids is 2. The van der Waals surface area contributed by atoms with E-state index < -0.39 is 33.9 Å². The summed E-state index contributed by atoms with van der Waals surface area (Å²) in [5, 5.41) is -5.00. The molecule has 0 fully saturated rings. The first-order valence-corrected chi connectivity index (χ1v) is 6.79. The molecule has 10 heteroatoms. The van der Waals surface area contributed by atoms with Gasteiger partial charge in [0.2, 0.25) is 0 Å². The molecule has 0 radical (unpaired) electrons. The van der Waals surface area contributed by atoms with Crippen molar-refractivity contribution in [3.05, 3.63) is 12.2 Å². The summed E-state index contributed by atoms with van der Waals surface area (Å²) in [6.45, 7) is 4.25. The van der Waals surface area contributed by atoms with E-state index in [1.807, 2.05) is 0 Å². The van der Waals surface area contributed by atoms with Gasteiger partial charge in [-0.25, -0.2) is 9.59 Å². The Hall–Kier alpha value is -1.55. The van der Waals surface area contributed by atoms with E-state index in [2.05, 4.69) is 16.1 Å². The maximum absolute atomic E-state index is 12.7. The Bertz CT molecular complexity index is 484. The number of hydrogen-bond acceptors (Lipinski definition) is 6. The normalized spacial score (nSPS) is 11.8. The predicted octanol–water partition coefficient (Wildman–Crippen LogP) is 0.910. The molecule has 0 aliphatic rings. The molecule has 0 bridgehead atoms. The standard InChI is InChI=1S/C10H14F2O7S/c1-7(2)8(13)18-5-3-4-6-19-9(14)10(11,12)20(15,16)17/h1,3-6H2,2H3,(H,15,16,17). The van der Waals surface area contributed by atoms with Crippen molar-refractivity contribution in [2.75, 3.05) is 13.2 Å². The molecule has 0 aromatic heterocycles. The minimum Gasteiger partial charge on any atom is -0.462 e. The number of halogens is 2. The molecule has 116 valence electrons. The summed E-state index contributed by atoms with van der Waals surface area (Å²) >= 11 is 0. The second-order valence-corrected chi connectivity index (χ2v) is 5.21. The fourth-order valence-corrected chi connectivity index (χ4v) is 1.12. The maximum atomic E-state index is 12.7. The summed E-state index contributed by atoms with van der Waals surface area (Å²) in [5.41, 5.74) is 0.198. The van der Waals surface area contributed by atoms with Crippen molar-refractivity contribution in [3.63, 3.8) is 0 Å². The first-order valence-electron chi connectivity index (χ1n) is 5.35.